The zero-order valence-electron chi connectivity index (χ0n) is 10.8. The van der Waals surface area contributed by atoms with Crippen LogP contribution in [0.15, 0.2) is 16.9 Å². The Labute approximate surface area is 106 Å². The Bertz CT molecular complexity index is 463. The van der Waals surface area contributed by atoms with Crippen LogP contribution in [0.5, 0.6) is 0 Å². The minimum Gasteiger partial charge on any atom is -0.348 e. The smallest absolute Gasteiger partial charge is 0.271 e. The van der Waals surface area contributed by atoms with Crippen molar-refractivity contribution >= 4 is 5.91 Å². The Morgan fingerprint density at radius 1 is 1.39 bits per heavy atom. The summed E-state index contributed by atoms with van der Waals surface area (Å²) in [6, 6.07) is 2.97. The molecule has 0 bridgehead atoms. The zero-order chi connectivity index (χ0) is 13.1. The third-order valence-electron chi connectivity index (χ3n) is 3.66. The summed E-state index contributed by atoms with van der Waals surface area (Å²) in [4.78, 5) is 22.8. The highest BCUT2D eigenvalue weighted by Crippen LogP contribution is 2.28. The second-order valence-electron chi connectivity index (χ2n) is 5.28. The van der Waals surface area contributed by atoms with Gasteiger partial charge in [0.1, 0.15) is 5.69 Å². The van der Waals surface area contributed by atoms with Gasteiger partial charge in [-0.3, -0.25) is 9.59 Å². The Hall–Kier alpha value is -1.65. The van der Waals surface area contributed by atoms with E-state index in [1.165, 1.54) is 12.1 Å². The van der Waals surface area contributed by atoms with Crippen LogP contribution in [-0.4, -0.2) is 22.1 Å². The summed E-state index contributed by atoms with van der Waals surface area (Å²) < 4.78 is 0. The van der Waals surface area contributed by atoms with E-state index in [9.17, 15) is 9.59 Å². The van der Waals surface area contributed by atoms with Gasteiger partial charge in [0, 0.05) is 12.1 Å². The van der Waals surface area contributed by atoms with E-state index in [2.05, 4.69) is 29.4 Å². The number of nitrogens with zero attached hydrogens (tertiary/aromatic N) is 1. The molecule has 1 saturated carbocycles. The van der Waals surface area contributed by atoms with Crippen LogP contribution in [0.4, 0.5) is 0 Å². The van der Waals surface area contributed by atoms with Gasteiger partial charge in [-0.25, -0.2) is 5.10 Å². The van der Waals surface area contributed by atoms with Crippen LogP contribution in [-0.2, 0) is 0 Å². The molecular weight excluding hydrogens is 230 g/mol. The first-order valence-electron chi connectivity index (χ1n) is 6.43. The van der Waals surface area contributed by atoms with E-state index in [0.29, 0.717) is 5.92 Å². The van der Waals surface area contributed by atoms with Crippen LogP contribution >= 0.6 is 0 Å². The number of carbonyl (C=O) groups excluding carboxylic acids is 1. The molecule has 1 amide bonds. The van der Waals surface area contributed by atoms with Crippen molar-refractivity contribution in [1.82, 2.24) is 15.5 Å². The van der Waals surface area contributed by atoms with Crippen LogP contribution in [0.3, 0.4) is 0 Å². The molecule has 5 heteroatoms. The second-order valence-corrected chi connectivity index (χ2v) is 5.28. The van der Waals surface area contributed by atoms with Gasteiger partial charge < -0.3 is 5.32 Å². The highest BCUT2D eigenvalue weighted by atomic mass is 16.2. The third-order valence-corrected chi connectivity index (χ3v) is 3.66. The fourth-order valence-electron chi connectivity index (χ4n) is 2.59. The Kier molecular flexibility index (Phi) is 3.79. The molecule has 98 valence electrons. The molecule has 1 aliphatic rings. The topological polar surface area (TPSA) is 74.8 Å². The molecule has 1 aromatic rings. The highest BCUT2D eigenvalue weighted by molar-refractivity contribution is 5.92. The van der Waals surface area contributed by atoms with Crippen molar-refractivity contribution in [2.75, 3.05) is 0 Å². The first kappa shape index (κ1) is 12.8. The number of rotatable bonds is 2. The Morgan fingerprint density at radius 3 is 2.78 bits per heavy atom. The molecule has 2 rings (SSSR count). The van der Waals surface area contributed by atoms with Crippen LogP contribution in [0.2, 0.25) is 0 Å². The fraction of sp³-hybridized carbons (Fsp3) is 0.615. The first-order chi connectivity index (χ1) is 8.56. The Morgan fingerprint density at radius 2 is 2.17 bits per heavy atom. The standard InChI is InChI=1S/C13H19N3O2/c1-8-3-4-10(9(2)7-8)14-13(18)11-5-6-12(17)16-15-11/h5-6,8-10H,3-4,7H2,1-2H3,(H,14,18)(H,16,17). The Balaban J connectivity index is 1.99. The molecule has 1 fully saturated rings. The molecule has 1 aliphatic carbocycles. The van der Waals surface area contributed by atoms with E-state index in [1.54, 1.807) is 0 Å². The van der Waals surface area contributed by atoms with Gasteiger partial charge in [0.2, 0.25) is 0 Å². The maximum atomic E-state index is 12.0. The molecule has 0 aliphatic heterocycles. The van der Waals surface area contributed by atoms with E-state index in [-0.39, 0.29) is 23.2 Å². The number of nitrogens with one attached hydrogen (secondary N) is 2. The highest BCUT2D eigenvalue weighted by Gasteiger charge is 2.26. The number of aromatic amines is 1. The zero-order valence-corrected chi connectivity index (χ0v) is 10.8. The number of aromatic nitrogens is 2. The number of carbonyl (C=O) groups is 1. The molecule has 0 radical (unpaired) electrons. The molecule has 0 aromatic carbocycles. The molecule has 1 aromatic heterocycles. The van der Waals surface area contributed by atoms with Crippen molar-refractivity contribution in [2.45, 2.75) is 39.2 Å². The van der Waals surface area contributed by atoms with Crippen LogP contribution in [0.25, 0.3) is 0 Å². The van der Waals surface area contributed by atoms with Crippen molar-refractivity contribution in [3.05, 3.63) is 28.2 Å². The summed E-state index contributed by atoms with van der Waals surface area (Å²) >= 11 is 0. The van der Waals surface area contributed by atoms with Gasteiger partial charge in [0.25, 0.3) is 11.5 Å². The predicted molar refractivity (Wildman–Crippen MR) is 68.3 cm³/mol. The van der Waals surface area contributed by atoms with E-state index in [4.69, 9.17) is 0 Å². The monoisotopic (exact) mass is 249 g/mol. The molecule has 18 heavy (non-hydrogen) atoms. The van der Waals surface area contributed by atoms with Crippen molar-refractivity contribution in [1.29, 1.82) is 0 Å². The third kappa shape index (κ3) is 2.97. The van der Waals surface area contributed by atoms with Crippen molar-refractivity contribution in [3.63, 3.8) is 0 Å². The van der Waals surface area contributed by atoms with Crippen LogP contribution in [0, 0.1) is 11.8 Å². The number of amides is 1. The number of H-pyrrole nitrogens is 1. The van der Waals surface area contributed by atoms with Gasteiger partial charge in [0.05, 0.1) is 0 Å². The van der Waals surface area contributed by atoms with Gasteiger partial charge in [-0.1, -0.05) is 13.8 Å². The fourth-order valence-corrected chi connectivity index (χ4v) is 2.59. The van der Waals surface area contributed by atoms with Gasteiger partial charge in [-0.05, 0) is 37.2 Å². The number of hydrogen-bond acceptors (Lipinski definition) is 3. The lowest BCUT2D eigenvalue weighted by Crippen LogP contribution is -2.42. The van der Waals surface area contributed by atoms with Gasteiger partial charge in [-0.15, -0.1) is 0 Å². The maximum Gasteiger partial charge on any atom is 0.271 e. The lowest BCUT2D eigenvalue weighted by molar-refractivity contribution is 0.0893. The number of hydrogen-bond donors (Lipinski definition) is 2. The van der Waals surface area contributed by atoms with Gasteiger partial charge >= 0.3 is 0 Å². The van der Waals surface area contributed by atoms with Crippen molar-refractivity contribution in [2.24, 2.45) is 11.8 Å². The molecule has 2 N–H and O–H groups in total. The lowest BCUT2D eigenvalue weighted by Gasteiger charge is -2.32. The van der Waals surface area contributed by atoms with Crippen LogP contribution in [0.1, 0.15) is 43.6 Å². The van der Waals surface area contributed by atoms with E-state index >= 15 is 0 Å². The summed E-state index contributed by atoms with van der Waals surface area (Å²) in [6.07, 6.45) is 3.30. The average Bonchev–Trinajstić information content (AvgIpc) is 2.33. The summed E-state index contributed by atoms with van der Waals surface area (Å²) in [6.45, 7) is 4.42. The summed E-state index contributed by atoms with van der Waals surface area (Å²) in [5.41, 5.74) is -0.0353. The molecule has 1 heterocycles. The minimum absolute atomic E-state index is 0.211. The quantitative estimate of drug-likeness (QED) is 0.830. The SMILES string of the molecule is CC1CCC(NC(=O)c2ccc(=O)[nH]n2)C(C)C1. The van der Waals surface area contributed by atoms with Crippen molar-refractivity contribution in [3.8, 4) is 0 Å². The lowest BCUT2D eigenvalue weighted by atomic mass is 9.80. The molecule has 0 saturated heterocycles. The largest absolute Gasteiger partial charge is 0.348 e. The molecule has 5 nitrogen and oxygen atoms in total. The minimum atomic E-state index is -0.300. The molecule has 3 unspecified atom stereocenters. The van der Waals surface area contributed by atoms with Crippen molar-refractivity contribution < 1.29 is 4.79 Å². The first-order valence-corrected chi connectivity index (χ1v) is 6.43. The van der Waals surface area contributed by atoms with E-state index in [1.807, 2.05) is 0 Å². The molecule has 3 atom stereocenters. The molecular formula is C13H19N3O2. The molecule has 0 spiro atoms. The van der Waals surface area contributed by atoms with E-state index < -0.39 is 0 Å². The van der Waals surface area contributed by atoms with Crippen LogP contribution < -0.4 is 10.9 Å². The summed E-state index contributed by atoms with van der Waals surface area (Å²) in [5.74, 6) is 1.01. The average molecular weight is 249 g/mol. The van der Waals surface area contributed by atoms with E-state index in [0.717, 1.165) is 25.2 Å². The van der Waals surface area contributed by atoms with Gasteiger partial charge in [-0.2, -0.15) is 5.10 Å². The summed E-state index contributed by atoms with van der Waals surface area (Å²) in [5, 5.41) is 9.01. The second kappa shape index (κ2) is 5.33. The maximum absolute atomic E-state index is 12.0. The summed E-state index contributed by atoms with van der Waals surface area (Å²) in [7, 11) is 0. The normalized spacial score (nSPS) is 27.8. The van der Waals surface area contributed by atoms with Gasteiger partial charge in [0.15, 0.2) is 0 Å². The predicted octanol–water partition coefficient (Wildman–Crippen LogP) is 1.32.